The van der Waals surface area contributed by atoms with Gasteiger partial charge in [0.25, 0.3) is 0 Å². The summed E-state index contributed by atoms with van der Waals surface area (Å²) in [7, 11) is 1.62. The summed E-state index contributed by atoms with van der Waals surface area (Å²) in [6.45, 7) is 0.663. The Bertz CT molecular complexity index is 1330. The van der Waals surface area contributed by atoms with Crippen LogP contribution >= 0.6 is 11.6 Å². The van der Waals surface area contributed by atoms with Crippen LogP contribution in [0.25, 0.3) is 17.0 Å². The highest BCUT2D eigenvalue weighted by atomic mass is 35.5. The van der Waals surface area contributed by atoms with E-state index < -0.39 is 5.41 Å². The van der Waals surface area contributed by atoms with E-state index in [1.54, 1.807) is 23.8 Å². The predicted octanol–water partition coefficient (Wildman–Crippen LogP) is 4.46. The number of ether oxygens (including phenoxy) is 2. The van der Waals surface area contributed by atoms with Gasteiger partial charge in [-0.25, -0.2) is 0 Å². The molecule has 1 aliphatic rings. The number of rotatable bonds is 8. The number of carbonyl (C=O) groups excluding carboxylic acids is 1. The summed E-state index contributed by atoms with van der Waals surface area (Å²) in [6.07, 6.45) is 3.73. The molecule has 0 saturated heterocycles. The van der Waals surface area contributed by atoms with Crippen molar-refractivity contribution in [2.75, 3.05) is 20.3 Å². The average molecular weight is 492 g/mol. The van der Waals surface area contributed by atoms with Crippen LogP contribution in [-0.2, 0) is 10.2 Å². The van der Waals surface area contributed by atoms with E-state index >= 15 is 0 Å². The second kappa shape index (κ2) is 9.92. The third kappa shape index (κ3) is 4.66. The number of methoxy groups -OCH3 is 1. The first-order valence-corrected chi connectivity index (χ1v) is 12.0. The number of benzene rings is 2. The molecule has 0 unspecified atom stereocenters. The van der Waals surface area contributed by atoms with Crippen molar-refractivity contribution >= 4 is 23.2 Å². The van der Waals surface area contributed by atoms with Crippen molar-refractivity contribution in [2.24, 2.45) is 0 Å². The van der Waals surface area contributed by atoms with Crippen molar-refractivity contribution < 1.29 is 14.3 Å². The zero-order valence-corrected chi connectivity index (χ0v) is 20.2. The molecule has 0 atom stereocenters. The van der Waals surface area contributed by atoms with Gasteiger partial charge in [-0.3, -0.25) is 4.79 Å². The number of halogens is 1. The number of nitrogens with zero attached hydrogens (tertiary/aromatic N) is 4. The van der Waals surface area contributed by atoms with Crippen LogP contribution in [-0.4, -0.2) is 46.0 Å². The number of hydrogen-bond acceptors (Lipinski definition) is 6. The van der Waals surface area contributed by atoms with Crippen LogP contribution in [0.4, 0.5) is 0 Å². The lowest BCUT2D eigenvalue weighted by Gasteiger charge is -2.28. The van der Waals surface area contributed by atoms with Crippen molar-refractivity contribution in [2.45, 2.75) is 31.1 Å². The highest BCUT2D eigenvalue weighted by Gasteiger charge is 2.42. The number of fused-ring (bicyclic) bond motifs is 1. The van der Waals surface area contributed by atoms with Gasteiger partial charge in [0.1, 0.15) is 12.4 Å². The molecule has 1 N–H and O–H groups in total. The Morgan fingerprint density at radius 1 is 1.09 bits per heavy atom. The van der Waals surface area contributed by atoms with Crippen LogP contribution in [0.2, 0.25) is 5.02 Å². The molecule has 4 aromatic rings. The number of carbonyl (C=O) groups is 1. The van der Waals surface area contributed by atoms with Crippen LogP contribution in [0.5, 0.6) is 11.6 Å². The smallest absolute Gasteiger partial charge is 0.231 e. The highest BCUT2D eigenvalue weighted by molar-refractivity contribution is 6.30. The van der Waals surface area contributed by atoms with E-state index in [0.29, 0.717) is 28.9 Å². The second-order valence-electron chi connectivity index (χ2n) is 8.60. The molecular weight excluding hydrogens is 466 g/mol. The molecule has 1 amide bonds. The zero-order chi connectivity index (χ0) is 24.3. The van der Waals surface area contributed by atoms with Crippen molar-refractivity contribution in [3.05, 3.63) is 71.2 Å². The van der Waals surface area contributed by atoms with Gasteiger partial charge >= 0.3 is 0 Å². The summed E-state index contributed by atoms with van der Waals surface area (Å²) >= 11 is 6.05. The predicted molar refractivity (Wildman–Crippen MR) is 133 cm³/mol. The molecule has 35 heavy (non-hydrogen) atoms. The molecule has 1 fully saturated rings. The molecule has 2 aromatic carbocycles. The van der Waals surface area contributed by atoms with Crippen molar-refractivity contribution in [1.29, 1.82) is 0 Å². The van der Waals surface area contributed by atoms with E-state index in [1.807, 2.05) is 48.5 Å². The topological polar surface area (TPSA) is 90.6 Å². The summed E-state index contributed by atoms with van der Waals surface area (Å²) in [5, 5.41) is 16.7. The van der Waals surface area contributed by atoms with Crippen LogP contribution in [0.15, 0.2) is 60.7 Å². The summed E-state index contributed by atoms with van der Waals surface area (Å²) in [4.78, 5) is 13.2. The Kier molecular flexibility index (Phi) is 6.55. The molecule has 0 bridgehead atoms. The van der Waals surface area contributed by atoms with Gasteiger partial charge < -0.3 is 14.8 Å². The minimum absolute atomic E-state index is 0.0310. The van der Waals surface area contributed by atoms with Crippen LogP contribution < -0.4 is 14.8 Å². The molecule has 8 nitrogen and oxygen atoms in total. The minimum Gasteiger partial charge on any atom is -0.497 e. The van der Waals surface area contributed by atoms with Gasteiger partial charge in [-0.05, 0) is 48.7 Å². The molecule has 180 valence electrons. The van der Waals surface area contributed by atoms with Crippen LogP contribution in [0.1, 0.15) is 31.2 Å². The zero-order valence-electron chi connectivity index (χ0n) is 19.4. The lowest BCUT2D eigenvalue weighted by Crippen LogP contribution is -2.44. The number of aromatic nitrogens is 4. The molecule has 0 spiro atoms. The lowest BCUT2D eigenvalue weighted by molar-refractivity contribution is -0.126. The normalized spacial score (nSPS) is 14.7. The number of nitrogens with one attached hydrogen (secondary N) is 1. The van der Waals surface area contributed by atoms with Gasteiger partial charge in [-0.15, -0.1) is 15.3 Å². The third-order valence-electron chi connectivity index (χ3n) is 6.49. The standard InChI is InChI=1S/C26H26ClN5O3/c1-34-21-6-4-5-18(17-21)24-30-29-22-11-12-23(31-32(22)24)35-16-15-28-25(33)26(13-2-3-14-26)19-7-9-20(27)10-8-19/h4-12,17H,2-3,13-16H2,1H3,(H,28,33). The van der Waals surface area contributed by atoms with Crippen molar-refractivity contribution in [1.82, 2.24) is 25.1 Å². The summed E-state index contributed by atoms with van der Waals surface area (Å²) in [6, 6.07) is 18.7. The minimum atomic E-state index is -0.504. The molecule has 2 aromatic heterocycles. The maximum Gasteiger partial charge on any atom is 0.231 e. The van der Waals surface area contributed by atoms with E-state index in [2.05, 4.69) is 20.6 Å². The Balaban J connectivity index is 1.24. The van der Waals surface area contributed by atoms with E-state index in [-0.39, 0.29) is 12.5 Å². The highest BCUT2D eigenvalue weighted by Crippen LogP contribution is 2.41. The third-order valence-corrected chi connectivity index (χ3v) is 6.74. The SMILES string of the molecule is COc1cccc(-c2nnc3ccc(OCCNC(=O)C4(c5ccc(Cl)cc5)CCCC4)nn23)c1. The molecule has 9 heteroatoms. The average Bonchev–Trinajstić information content (AvgIpc) is 3.55. The summed E-state index contributed by atoms with van der Waals surface area (Å²) in [5.41, 5.74) is 1.95. The lowest BCUT2D eigenvalue weighted by atomic mass is 9.78. The Morgan fingerprint density at radius 3 is 2.66 bits per heavy atom. The maximum atomic E-state index is 13.2. The van der Waals surface area contributed by atoms with E-state index in [1.165, 1.54) is 0 Å². The molecule has 0 aliphatic heterocycles. The van der Waals surface area contributed by atoms with E-state index in [4.69, 9.17) is 21.1 Å². The maximum absolute atomic E-state index is 13.2. The Hall–Kier alpha value is -3.65. The van der Waals surface area contributed by atoms with Gasteiger partial charge in [-0.1, -0.05) is 48.7 Å². The first-order valence-electron chi connectivity index (χ1n) is 11.6. The number of hydrogen-bond donors (Lipinski definition) is 1. The monoisotopic (exact) mass is 491 g/mol. The molecule has 5 rings (SSSR count). The number of amides is 1. The van der Waals surface area contributed by atoms with E-state index in [0.717, 1.165) is 42.6 Å². The fourth-order valence-electron chi connectivity index (χ4n) is 4.67. The molecule has 0 radical (unpaired) electrons. The fourth-order valence-corrected chi connectivity index (χ4v) is 4.80. The van der Waals surface area contributed by atoms with Gasteiger partial charge in [-0.2, -0.15) is 4.52 Å². The van der Waals surface area contributed by atoms with E-state index in [9.17, 15) is 4.79 Å². The van der Waals surface area contributed by atoms with Crippen LogP contribution in [0, 0.1) is 0 Å². The summed E-state index contributed by atoms with van der Waals surface area (Å²) < 4.78 is 12.8. The van der Waals surface area contributed by atoms with Gasteiger partial charge in [0.15, 0.2) is 11.5 Å². The molecule has 2 heterocycles. The Morgan fingerprint density at radius 2 is 1.89 bits per heavy atom. The van der Waals surface area contributed by atoms with Crippen molar-refractivity contribution in [3.8, 4) is 23.0 Å². The quantitative estimate of drug-likeness (QED) is 0.366. The molecule has 1 aliphatic carbocycles. The first-order chi connectivity index (χ1) is 17.1. The van der Waals surface area contributed by atoms with Crippen LogP contribution in [0.3, 0.4) is 0 Å². The van der Waals surface area contributed by atoms with Gasteiger partial charge in [0.05, 0.1) is 19.1 Å². The van der Waals surface area contributed by atoms with Gasteiger partial charge in [0.2, 0.25) is 11.8 Å². The Labute approximate surface area is 208 Å². The fraction of sp³-hybridized carbons (Fsp3) is 0.308. The second-order valence-corrected chi connectivity index (χ2v) is 9.03. The van der Waals surface area contributed by atoms with Crippen molar-refractivity contribution in [3.63, 3.8) is 0 Å². The largest absolute Gasteiger partial charge is 0.497 e. The molecule has 1 saturated carbocycles. The van der Waals surface area contributed by atoms with Gasteiger partial charge in [0, 0.05) is 16.7 Å². The summed E-state index contributed by atoms with van der Waals surface area (Å²) in [5.74, 6) is 1.76. The first kappa shape index (κ1) is 23.1. The molecular formula is C26H26ClN5O3.